The Labute approximate surface area is 185 Å². The SMILES string of the molecule is Cc1cccc(C(O)CN(Cc2ccccc2)C(=O)C2CCCN(C(=O)C(C)C)C2)c1. The van der Waals surface area contributed by atoms with Gasteiger partial charge in [0.05, 0.1) is 18.6 Å². The average Bonchev–Trinajstić information content (AvgIpc) is 2.78. The van der Waals surface area contributed by atoms with Crippen LogP contribution in [0.5, 0.6) is 0 Å². The lowest BCUT2D eigenvalue weighted by molar-refractivity contribution is -0.143. The van der Waals surface area contributed by atoms with Crippen molar-refractivity contribution in [2.75, 3.05) is 19.6 Å². The maximum atomic E-state index is 13.6. The van der Waals surface area contributed by atoms with Crippen molar-refractivity contribution in [3.8, 4) is 0 Å². The predicted molar refractivity (Wildman–Crippen MR) is 122 cm³/mol. The maximum absolute atomic E-state index is 13.6. The van der Waals surface area contributed by atoms with Gasteiger partial charge in [0.2, 0.25) is 11.8 Å². The Kier molecular flexibility index (Phi) is 7.85. The Hall–Kier alpha value is -2.66. The van der Waals surface area contributed by atoms with E-state index in [1.165, 1.54) is 0 Å². The Morgan fingerprint density at radius 1 is 1.13 bits per heavy atom. The first-order valence-electron chi connectivity index (χ1n) is 11.2. The van der Waals surface area contributed by atoms with Crippen LogP contribution in [0.15, 0.2) is 54.6 Å². The van der Waals surface area contributed by atoms with Crippen molar-refractivity contribution in [3.05, 3.63) is 71.3 Å². The highest BCUT2D eigenvalue weighted by atomic mass is 16.3. The van der Waals surface area contributed by atoms with E-state index in [2.05, 4.69) is 0 Å². The number of hydrogen-bond donors (Lipinski definition) is 1. The first-order valence-corrected chi connectivity index (χ1v) is 11.2. The molecule has 0 bridgehead atoms. The van der Waals surface area contributed by atoms with Gasteiger partial charge in [0.15, 0.2) is 0 Å². The number of likely N-dealkylation sites (tertiary alicyclic amines) is 1. The van der Waals surface area contributed by atoms with Crippen LogP contribution in [0.4, 0.5) is 0 Å². The fraction of sp³-hybridized carbons (Fsp3) is 0.462. The van der Waals surface area contributed by atoms with Crippen LogP contribution in [0.1, 0.15) is 49.5 Å². The molecule has 31 heavy (non-hydrogen) atoms. The fourth-order valence-corrected chi connectivity index (χ4v) is 4.23. The first-order chi connectivity index (χ1) is 14.8. The number of carbonyl (C=O) groups excluding carboxylic acids is 2. The minimum absolute atomic E-state index is 0.0109. The van der Waals surface area contributed by atoms with Crippen LogP contribution in [0.2, 0.25) is 0 Å². The Bertz CT molecular complexity index is 881. The van der Waals surface area contributed by atoms with E-state index in [0.29, 0.717) is 19.6 Å². The van der Waals surface area contributed by atoms with Crippen molar-refractivity contribution >= 4 is 11.8 Å². The highest BCUT2D eigenvalue weighted by Crippen LogP contribution is 2.24. The summed E-state index contributed by atoms with van der Waals surface area (Å²) in [5.74, 6) is -0.189. The summed E-state index contributed by atoms with van der Waals surface area (Å²) in [6.45, 7) is 7.63. The number of nitrogens with zero attached hydrogens (tertiary/aromatic N) is 2. The molecule has 2 atom stereocenters. The summed E-state index contributed by atoms with van der Waals surface area (Å²) in [6.07, 6.45) is 0.839. The van der Waals surface area contributed by atoms with E-state index in [1.807, 2.05) is 80.3 Å². The van der Waals surface area contributed by atoms with Crippen molar-refractivity contribution in [3.63, 3.8) is 0 Å². The summed E-state index contributed by atoms with van der Waals surface area (Å²) in [6, 6.07) is 17.6. The molecule has 166 valence electrons. The Balaban J connectivity index is 1.78. The molecule has 2 amide bonds. The van der Waals surface area contributed by atoms with Crippen molar-refractivity contribution in [2.45, 2.75) is 46.3 Å². The van der Waals surface area contributed by atoms with Gasteiger partial charge in [-0.3, -0.25) is 9.59 Å². The standard InChI is InChI=1S/C26H34N2O3/c1-19(2)25(30)27-14-8-13-23(17-27)26(31)28(16-21-10-5-4-6-11-21)18-24(29)22-12-7-9-20(3)15-22/h4-7,9-12,15,19,23-24,29H,8,13-14,16-18H2,1-3H3. The minimum atomic E-state index is -0.760. The number of hydrogen-bond acceptors (Lipinski definition) is 3. The molecule has 0 aliphatic carbocycles. The second-order valence-corrected chi connectivity index (χ2v) is 8.91. The predicted octanol–water partition coefficient (Wildman–Crippen LogP) is 3.95. The molecule has 0 spiro atoms. The molecule has 5 nitrogen and oxygen atoms in total. The lowest BCUT2D eigenvalue weighted by atomic mass is 9.94. The van der Waals surface area contributed by atoms with Crippen molar-refractivity contribution in [1.29, 1.82) is 0 Å². The summed E-state index contributed by atoms with van der Waals surface area (Å²) >= 11 is 0. The Morgan fingerprint density at radius 3 is 2.55 bits per heavy atom. The molecule has 0 aromatic heterocycles. The lowest BCUT2D eigenvalue weighted by Gasteiger charge is -2.36. The number of aliphatic hydroxyl groups is 1. The molecule has 0 saturated carbocycles. The summed E-state index contributed by atoms with van der Waals surface area (Å²) in [5.41, 5.74) is 2.91. The van der Waals surface area contributed by atoms with Gasteiger partial charge in [-0.2, -0.15) is 0 Å². The smallest absolute Gasteiger partial charge is 0.227 e. The number of amides is 2. The normalized spacial score (nSPS) is 17.5. The lowest BCUT2D eigenvalue weighted by Crippen LogP contribution is -2.48. The maximum Gasteiger partial charge on any atom is 0.227 e. The second kappa shape index (κ2) is 10.6. The molecule has 1 heterocycles. The highest BCUT2D eigenvalue weighted by molar-refractivity contribution is 5.82. The molecule has 1 saturated heterocycles. The third-order valence-corrected chi connectivity index (χ3v) is 5.92. The van der Waals surface area contributed by atoms with Gasteiger partial charge in [0.1, 0.15) is 0 Å². The van der Waals surface area contributed by atoms with E-state index in [-0.39, 0.29) is 30.2 Å². The number of aryl methyl sites for hydroxylation is 1. The average molecular weight is 423 g/mol. The third kappa shape index (κ3) is 6.17. The zero-order valence-corrected chi connectivity index (χ0v) is 18.8. The quantitative estimate of drug-likeness (QED) is 0.735. The van der Waals surface area contributed by atoms with Crippen LogP contribution >= 0.6 is 0 Å². The van der Waals surface area contributed by atoms with Gasteiger partial charge < -0.3 is 14.9 Å². The van der Waals surface area contributed by atoms with E-state index in [0.717, 1.165) is 29.5 Å². The molecule has 3 rings (SSSR count). The van der Waals surface area contributed by atoms with Crippen LogP contribution in [0.25, 0.3) is 0 Å². The topological polar surface area (TPSA) is 60.9 Å². The fourth-order valence-electron chi connectivity index (χ4n) is 4.23. The van der Waals surface area contributed by atoms with Gasteiger partial charge in [-0.15, -0.1) is 0 Å². The van der Waals surface area contributed by atoms with Gasteiger partial charge in [-0.1, -0.05) is 74.0 Å². The van der Waals surface area contributed by atoms with Crippen LogP contribution in [-0.4, -0.2) is 46.4 Å². The molecule has 2 aromatic rings. The van der Waals surface area contributed by atoms with Crippen molar-refractivity contribution in [1.82, 2.24) is 9.80 Å². The second-order valence-electron chi connectivity index (χ2n) is 8.91. The van der Waals surface area contributed by atoms with Crippen molar-refractivity contribution < 1.29 is 14.7 Å². The number of benzene rings is 2. The van der Waals surface area contributed by atoms with Crippen LogP contribution in [-0.2, 0) is 16.1 Å². The molecule has 0 radical (unpaired) electrons. The molecular weight excluding hydrogens is 388 g/mol. The van der Waals surface area contributed by atoms with Crippen LogP contribution in [0.3, 0.4) is 0 Å². The summed E-state index contributed by atoms with van der Waals surface area (Å²) in [5, 5.41) is 10.9. The first kappa shape index (κ1) is 23.0. The zero-order valence-electron chi connectivity index (χ0n) is 18.8. The van der Waals surface area contributed by atoms with Crippen LogP contribution in [0, 0.1) is 18.8 Å². The molecular formula is C26H34N2O3. The van der Waals surface area contributed by atoms with Crippen LogP contribution < -0.4 is 0 Å². The van der Waals surface area contributed by atoms with Gasteiger partial charge in [0.25, 0.3) is 0 Å². The monoisotopic (exact) mass is 422 g/mol. The minimum Gasteiger partial charge on any atom is -0.387 e. The van der Waals surface area contributed by atoms with Gasteiger partial charge in [-0.05, 0) is 30.9 Å². The molecule has 1 N–H and O–H groups in total. The molecule has 1 fully saturated rings. The summed E-state index contributed by atoms with van der Waals surface area (Å²) in [7, 11) is 0. The largest absolute Gasteiger partial charge is 0.387 e. The third-order valence-electron chi connectivity index (χ3n) is 5.92. The molecule has 5 heteroatoms. The van der Waals surface area contributed by atoms with E-state index >= 15 is 0 Å². The molecule has 2 unspecified atom stereocenters. The number of piperidine rings is 1. The molecule has 2 aromatic carbocycles. The highest BCUT2D eigenvalue weighted by Gasteiger charge is 2.32. The number of aliphatic hydroxyl groups excluding tert-OH is 1. The van der Waals surface area contributed by atoms with Gasteiger partial charge in [-0.25, -0.2) is 0 Å². The summed E-state index contributed by atoms with van der Waals surface area (Å²) < 4.78 is 0. The van der Waals surface area contributed by atoms with Gasteiger partial charge >= 0.3 is 0 Å². The molecule has 1 aliphatic rings. The van der Waals surface area contributed by atoms with E-state index in [9.17, 15) is 14.7 Å². The van der Waals surface area contributed by atoms with Crippen molar-refractivity contribution in [2.24, 2.45) is 11.8 Å². The van der Waals surface area contributed by atoms with E-state index in [4.69, 9.17) is 0 Å². The zero-order chi connectivity index (χ0) is 22.4. The number of carbonyl (C=O) groups is 2. The Morgan fingerprint density at radius 2 is 1.87 bits per heavy atom. The van der Waals surface area contributed by atoms with E-state index < -0.39 is 6.10 Å². The molecule has 1 aliphatic heterocycles. The van der Waals surface area contributed by atoms with Gasteiger partial charge in [0, 0.05) is 25.6 Å². The number of rotatable bonds is 7. The van der Waals surface area contributed by atoms with E-state index in [1.54, 1.807) is 4.90 Å². The summed E-state index contributed by atoms with van der Waals surface area (Å²) in [4.78, 5) is 29.6.